The zero-order chi connectivity index (χ0) is 97.2. The number of nitrogens with one attached hydrogen (secondary N) is 9. The quantitative estimate of drug-likeness (QED) is 0.0172. The van der Waals surface area contributed by atoms with Gasteiger partial charge in [0.2, 0.25) is 59.7 Å². The average Bonchev–Trinajstić information content (AvgIpc) is 1.64. The molecule has 3 aromatic heterocycles. The van der Waals surface area contributed by atoms with Gasteiger partial charge in [0.15, 0.2) is 0 Å². The molecular weight excluding hydrogens is 1990 g/mol. The summed E-state index contributed by atoms with van der Waals surface area (Å²) in [4.78, 5) is 109. The first-order valence-electron chi connectivity index (χ1n) is 47.5. The van der Waals surface area contributed by atoms with Crippen LogP contribution in [0.4, 0.5) is 52.4 Å². The number of aryl methyl sites for hydroxylation is 3. The maximum atomic E-state index is 13.1. The summed E-state index contributed by atoms with van der Waals surface area (Å²) in [5.74, 6) is 0.303. The number of anilines is 9. The molecule has 0 bridgehead atoms. The zero-order valence-corrected chi connectivity index (χ0v) is 85.7. The predicted molar refractivity (Wildman–Crippen MR) is 540 cm³/mol. The molecule has 738 valence electrons. The van der Waals surface area contributed by atoms with Crippen LogP contribution in [0.5, 0.6) is 0 Å². The molecule has 2 aliphatic carbocycles. The van der Waals surface area contributed by atoms with Crippen LogP contribution >= 0.6 is 47.8 Å². The van der Waals surface area contributed by atoms with Gasteiger partial charge in [-0.1, -0.05) is 69.7 Å². The molecule has 0 radical (unpaired) electrons. The normalized spacial score (nSPS) is 18.7. The van der Waals surface area contributed by atoms with Crippen molar-refractivity contribution >= 4 is 166 Å². The molecule has 15 N–H and O–H groups in total. The number of rotatable bonds is 37. The molecule has 7 aromatic rings. The predicted octanol–water partition coefficient (Wildman–Crippen LogP) is 11.0. The van der Waals surface area contributed by atoms with E-state index in [-0.39, 0.29) is 90.0 Å². The molecule has 6 aliphatic heterocycles. The van der Waals surface area contributed by atoms with Crippen LogP contribution < -0.4 is 65.1 Å². The van der Waals surface area contributed by atoms with Gasteiger partial charge in [0.25, 0.3) is 23.6 Å². The van der Waals surface area contributed by atoms with Crippen LogP contribution in [0.3, 0.4) is 0 Å². The lowest BCUT2D eigenvalue weighted by Gasteiger charge is -2.53. The number of fused-ring (bicyclic) bond motifs is 1. The number of likely N-dealkylation sites (tertiary alicyclic amines) is 2. The number of unbranched alkanes of at least 4 members (excludes halogenated alkanes) is 1. The van der Waals surface area contributed by atoms with E-state index in [1.165, 1.54) is 43.3 Å². The molecule has 136 heavy (non-hydrogen) atoms. The minimum atomic E-state index is -3.54. The van der Waals surface area contributed by atoms with E-state index in [2.05, 4.69) is 161 Å². The van der Waals surface area contributed by atoms with Gasteiger partial charge in [-0.15, -0.1) is 0 Å². The third-order valence-corrected chi connectivity index (χ3v) is 34.6. The van der Waals surface area contributed by atoms with Crippen LogP contribution in [-0.2, 0) is 52.6 Å². The number of piperidine rings is 4. The zero-order valence-electron chi connectivity index (χ0n) is 78.5. The monoisotopic (exact) mass is 2120 g/mol. The van der Waals surface area contributed by atoms with Crippen molar-refractivity contribution in [3.05, 3.63) is 155 Å². The van der Waals surface area contributed by atoms with Crippen LogP contribution in [-0.4, -0.2) is 265 Å². The summed E-state index contributed by atoms with van der Waals surface area (Å²) in [5, 5.41) is 28.1. The number of nitrogens with zero attached hydrogens (tertiary/aromatic N) is 12. The van der Waals surface area contributed by atoms with Gasteiger partial charge >= 0.3 is 0 Å². The second-order valence-electron chi connectivity index (χ2n) is 37.2. The van der Waals surface area contributed by atoms with Crippen molar-refractivity contribution < 1.29 is 54.0 Å². The van der Waals surface area contributed by atoms with Crippen molar-refractivity contribution in [1.29, 1.82) is 0 Å². The van der Waals surface area contributed by atoms with Crippen LogP contribution in [0.15, 0.2) is 105 Å². The summed E-state index contributed by atoms with van der Waals surface area (Å²) < 4.78 is 84.9. The van der Waals surface area contributed by atoms with Gasteiger partial charge in [-0.3, -0.25) is 33.7 Å². The molecule has 4 aromatic carbocycles. The molecule has 9 heterocycles. The average molecular weight is 2130 g/mol. The standard InChI is InChI=1S/C32H41BrN8O4S.2C31H45BrN8O4S/c1-3-13-40-14-9-22-18-23(7-8-24(22)20-40)31(43)35-12-17-46(44,45)41-15-10-25(11-16-41)37-32-36-19-26(33)30(39-32)38-27-6-4-5-21(2)28(27)29(34)42;1-3-14-39-19-31(20-39)11-7-22(8-12-31)29(42)34-13-17-45(43,44)40-15-9-23(10-16-40)36-30-35-18-24(32)28(38-30)37-25-6-4-5-21(2)26(25)27(33)41;1-3-4-14-39-15-10-23(31(20-39)11-12-31)29(42)34-13-18-45(43,44)40-16-8-22(9-17-40)36-30-35-19-24(32)28(38-30)37-25-7-5-6-21(2)26(25)27(33)41/h4-8,18-19,25H,3,9-17,20H2,1-2H3,(H2,34,42)(H,35,43)(H2,36,37,38,39);4-6,18,22-23H,3,7-17,19-20H2,1-2H3,(H2,33,41)(H,34,42)(H2,35,36,37,38);5-7,19,22-23H,3-4,8-18,20H2,1-2H3,(H2,33,41)(H,34,42)(H2,35,36,37,38). The number of sulfonamides is 3. The van der Waals surface area contributed by atoms with Gasteiger partial charge in [-0.25, -0.2) is 53.1 Å². The molecular formula is C94H131Br3N24O12S3. The second kappa shape index (κ2) is 47.2. The van der Waals surface area contributed by atoms with E-state index < -0.39 is 47.8 Å². The number of amides is 6. The van der Waals surface area contributed by atoms with E-state index >= 15 is 0 Å². The minimum absolute atomic E-state index is 0.00959. The molecule has 36 nitrogen and oxygen atoms in total. The molecule has 2 spiro atoms. The Morgan fingerprint density at radius 3 is 1.24 bits per heavy atom. The number of benzene rings is 4. The summed E-state index contributed by atoms with van der Waals surface area (Å²) in [6.45, 7) is 24.0. The molecule has 2 saturated carbocycles. The number of hydrogen-bond donors (Lipinski definition) is 12. The van der Waals surface area contributed by atoms with Gasteiger partial charge in [0.05, 0.1) is 64.4 Å². The maximum Gasteiger partial charge on any atom is 0.251 e. The largest absolute Gasteiger partial charge is 0.366 e. The fourth-order valence-corrected chi connectivity index (χ4v) is 24.7. The Labute approximate surface area is 824 Å². The Balaban J connectivity index is 0.000000173. The summed E-state index contributed by atoms with van der Waals surface area (Å²) in [6.07, 6.45) is 20.9. The molecule has 7 fully saturated rings. The molecule has 5 saturated heterocycles. The van der Waals surface area contributed by atoms with Gasteiger partial charge < -0.3 is 74.9 Å². The third-order valence-electron chi connectivity index (χ3n) is 27.3. The van der Waals surface area contributed by atoms with Crippen LogP contribution in [0, 0.1) is 43.4 Å². The van der Waals surface area contributed by atoms with E-state index in [0.29, 0.717) is 171 Å². The van der Waals surface area contributed by atoms with Gasteiger partial charge in [-0.2, -0.15) is 15.0 Å². The summed E-state index contributed by atoms with van der Waals surface area (Å²) in [6, 6.07) is 21.9. The number of hydrogen-bond acceptors (Lipinski definition) is 27. The third kappa shape index (κ3) is 27.5. The number of carbonyl (C=O) groups is 6. The summed E-state index contributed by atoms with van der Waals surface area (Å²) in [5.41, 5.74) is 25.3. The molecule has 8 aliphatic rings. The highest BCUT2D eigenvalue weighted by Crippen LogP contribution is 2.56. The fourth-order valence-electron chi connectivity index (χ4n) is 19.6. The Bertz CT molecular complexity index is 5770. The lowest BCUT2D eigenvalue weighted by atomic mass is 9.65. The van der Waals surface area contributed by atoms with Crippen LogP contribution in [0.25, 0.3) is 0 Å². The van der Waals surface area contributed by atoms with Crippen molar-refractivity contribution in [2.75, 3.05) is 160 Å². The molecule has 6 amide bonds. The lowest BCUT2D eigenvalue weighted by molar-refractivity contribution is -0.129. The highest BCUT2D eigenvalue weighted by Gasteiger charge is 2.55. The van der Waals surface area contributed by atoms with E-state index in [1.54, 1.807) is 36.8 Å². The first kappa shape index (κ1) is 104. The molecule has 1 atom stereocenters. The minimum Gasteiger partial charge on any atom is -0.366 e. The number of primary amides is 3. The van der Waals surface area contributed by atoms with E-state index in [0.717, 1.165) is 133 Å². The van der Waals surface area contributed by atoms with Crippen molar-refractivity contribution in [3.8, 4) is 0 Å². The maximum absolute atomic E-state index is 13.1. The molecule has 1 unspecified atom stereocenters. The van der Waals surface area contributed by atoms with Crippen molar-refractivity contribution in [2.24, 2.45) is 39.9 Å². The van der Waals surface area contributed by atoms with Gasteiger partial charge in [0.1, 0.15) is 17.5 Å². The Morgan fingerprint density at radius 2 is 0.846 bits per heavy atom. The van der Waals surface area contributed by atoms with Crippen molar-refractivity contribution in [3.63, 3.8) is 0 Å². The van der Waals surface area contributed by atoms with E-state index in [1.807, 2.05) is 75.4 Å². The Hall–Kier alpha value is -9.21. The highest BCUT2D eigenvalue weighted by atomic mass is 79.9. The smallest absolute Gasteiger partial charge is 0.251 e. The number of halogens is 3. The first-order valence-corrected chi connectivity index (χ1v) is 54.7. The summed E-state index contributed by atoms with van der Waals surface area (Å²) >= 11 is 10.4. The van der Waals surface area contributed by atoms with E-state index in [9.17, 15) is 54.0 Å². The number of nitrogens with two attached hydrogens (primary N) is 3. The second-order valence-corrected chi connectivity index (χ2v) is 46.0. The van der Waals surface area contributed by atoms with E-state index in [4.69, 9.17) is 17.2 Å². The Morgan fingerprint density at radius 1 is 0.441 bits per heavy atom. The lowest BCUT2D eigenvalue weighted by Crippen LogP contribution is -2.58. The summed E-state index contributed by atoms with van der Waals surface area (Å²) in [7, 11) is -10.5. The SMILES string of the molecule is CCCCN1CCC(C(=O)NCCS(=O)(=O)N2CCC(Nc3ncc(Br)c(Nc4cccc(C)c4C(N)=O)n3)CC2)C2(CC2)C1.CCCN1CC2(CCC(C(=O)NCCS(=O)(=O)N3CCC(Nc4ncc(Br)c(Nc5cccc(C)c5C(N)=O)n4)CC3)CC2)C1.CCCN1CCc2cc(C(=O)NCCS(=O)(=O)N3CCC(Nc4ncc(Br)c(Nc5cccc(C)c5C(N)=O)n4)CC3)ccc2C1. The van der Waals surface area contributed by atoms with Gasteiger partial charge in [-0.05, 0) is 273 Å². The topological polar surface area (TPSA) is 488 Å². The highest BCUT2D eigenvalue weighted by molar-refractivity contribution is 9.11. The molecule has 15 rings (SSSR count). The van der Waals surface area contributed by atoms with Crippen molar-refractivity contribution in [1.82, 2.24) is 73.5 Å². The fraction of sp³-hybridized carbons (Fsp3) is 0.553. The van der Waals surface area contributed by atoms with Crippen LogP contribution in [0.2, 0.25) is 0 Å². The van der Waals surface area contributed by atoms with Crippen molar-refractivity contribution in [2.45, 2.75) is 182 Å². The first-order chi connectivity index (χ1) is 65.0. The molecule has 42 heteroatoms. The van der Waals surface area contributed by atoms with Crippen LogP contribution in [0.1, 0.15) is 199 Å². The van der Waals surface area contributed by atoms with Gasteiger partial charge in [0, 0.05) is 146 Å². The number of carbonyl (C=O) groups excluding carboxylic acids is 6. The Kier molecular flexibility index (Phi) is 36.1. The number of aromatic nitrogens is 6.